The van der Waals surface area contributed by atoms with Crippen LogP contribution in [0, 0.1) is 16.0 Å². The molecule has 1 unspecified atom stereocenters. The molecule has 1 atom stereocenters. The van der Waals surface area contributed by atoms with E-state index in [4.69, 9.17) is 10.6 Å². The first kappa shape index (κ1) is 13.2. The Bertz CT molecular complexity index is 407. The highest BCUT2D eigenvalue weighted by atomic mass is 16.6. The fourth-order valence-corrected chi connectivity index (χ4v) is 1.26. The molecule has 0 aliphatic carbocycles. The molecule has 1 rings (SSSR count). The number of hydrogen-bond acceptors (Lipinski definition) is 5. The number of benzene rings is 1. The molecule has 0 saturated carbocycles. The summed E-state index contributed by atoms with van der Waals surface area (Å²) in [6.07, 6.45) is -0.110. The molecule has 0 fully saturated rings. The molecule has 0 spiro atoms. The number of nitrogens with zero attached hydrogens (tertiary/aromatic N) is 1. The molecule has 6 nitrogen and oxygen atoms in total. The van der Waals surface area contributed by atoms with E-state index in [1.54, 1.807) is 12.1 Å². The van der Waals surface area contributed by atoms with Crippen LogP contribution in [-0.2, 0) is 0 Å². The van der Waals surface area contributed by atoms with E-state index in [2.05, 4.69) is 5.43 Å². The highest BCUT2D eigenvalue weighted by molar-refractivity contribution is 5.67. The van der Waals surface area contributed by atoms with Gasteiger partial charge in [0, 0.05) is 0 Å². The summed E-state index contributed by atoms with van der Waals surface area (Å²) in [5, 5.41) is 11.0. The minimum Gasteiger partial charge on any atom is -0.483 e. The first-order chi connectivity index (χ1) is 7.97. The molecule has 0 aromatic heterocycles. The van der Waals surface area contributed by atoms with Crippen molar-refractivity contribution in [3.63, 3.8) is 0 Å². The van der Waals surface area contributed by atoms with Crippen LogP contribution in [0.3, 0.4) is 0 Å². The summed E-state index contributed by atoms with van der Waals surface area (Å²) in [4.78, 5) is 10.5. The average Bonchev–Trinajstić information content (AvgIpc) is 2.27. The molecular weight excluding hydrogens is 222 g/mol. The van der Waals surface area contributed by atoms with E-state index in [0.717, 1.165) is 0 Å². The lowest BCUT2D eigenvalue weighted by molar-refractivity contribution is -0.385. The minimum absolute atomic E-state index is 0.110. The fraction of sp³-hybridized carbons (Fsp3) is 0.455. The lowest BCUT2D eigenvalue weighted by Gasteiger charge is -2.18. The third-order valence-electron chi connectivity index (χ3n) is 2.59. The fourth-order valence-electron chi connectivity index (χ4n) is 1.26. The Morgan fingerprint density at radius 3 is 2.53 bits per heavy atom. The van der Waals surface area contributed by atoms with Gasteiger partial charge in [-0.2, -0.15) is 0 Å². The van der Waals surface area contributed by atoms with Gasteiger partial charge in [-0.15, -0.1) is 0 Å². The number of ether oxygens (including phenoxy) is 1. The lowest BCUT2D eigenvalue weighted by atomic mass is 10.1. The van der Waals surface area contributed by atoms with Crippen LogP contribution in [0.25, 0.3) is 0 Å². The zero-order valence-electron chi connectivity index (χ0n) is 10.1. The standard InChI is InChI=1S/C11H17N3O3/c1-7(2)8(3)17-10-6-4-5-9(13-12)11(10)14(15)16/h4-8,13H,12H2,1-3H3. The van der Waals surface area contributed by atoms with Crippen LogP contribution in [-0.4, -0.2) is 11.0 Å². The second-order valence-electron chi connectivity index (χ2n) is 4.12. The van der Waals surface area contributed by atoms with Crippen molar-refractivity contribution in [2.75, 3.05) is 5.43 Å². The monoisotopic (exact) mass is 239 g/mol. The van der Waals surface area contributed by atoms with Gasteiger partial charge in [0.05, 0.1) is 11.0 Å². The highest BCUT2D eigenvalue weighted by Crippen LogP contribution is 2.35. The second kappa shape index (κ2) is 5.49. The molecule has 94 valence electrons. The lowest BCUT2D eigenvalue weighted by Crippen LogP contribution is -2.19. The van der Waals surface area contributed by atoms with Crippen molar-refractivity contribution < 1.29 is 9.66 Å². The summed E-state index contributed by atoms with van der Waals surface area (Å²) in [5.41, 5.74) is 2.40. The van der Waals surface area contributed by atoms with Crippen molar-refractivity contribution in [1.82, 2.24) is 0 Å². The molecule has 1 aromatic carbocycles. The molecular formula is C11H17N3O3. The Morgan fingerprint density at radius 1 is 1.41 bits per heavy atom. The minimum atomic E-state index is -0.502. The first-order valence-corrected chi connectivity index (χ1v) is 5.38. The van der Waals surface area contributed by atoms with Crippen molar-refractivity contribution in [1.29, 1.82) is 0 Å². The Balaban J connectivity index is 3.10. The van der Waals surface area contributed by atoms with Crippen LogP contribution >= 0.6 is 0 Å². The number of nitro benzene ring substituents is 1. The smallest absolute Gasteiger partial charge is 0.335 e. The molecule has 0 radical (unpaired) electrons. The van der Waals surface area contributed by atoms with Crippen molar-refractivity contribution in [2.24, 2.45) is 11.8 Å². The summed E-state index contributed by atoms with van der Waals surface area (Å²) in [6.45, 7) is 5.85. The van der Waals surface area contributed by atoms with Crippen molar-refractivity contribution in [3.05, 3.63) is 28.3 Å². The van der Waals surface area contributed by atoms with Gasteiger partial charge in [-0.1, -0.05) is 19.9 Å². The zero-order valence-corrected chi connectivity index (χ0v) is 10.1. The summed E-state index contributed by atoms with van der Waals surface area (Å²) in [7, 11) is 0. The quantitative estimate of drug-likeness (QED) is 0.467. The van der Waals surface area contributed by atoms with Gasteiger partial charge in [0.1, 0.15) is 5.69 Å². The number of hydrogen-bond donors (Lipinski definition) is 2. The van der Waals surface area contributed by atoms with E-state index < -0.39 is 4.92 Å². The third kappa shape index (κ3) is 3.07. The third-order valence-corrected chi connectivity index (χ3v) is 2.59. The van der Waals surface area contributed by atoms with E-state index in [1.165, 1.54) is 6.07 Å². The van der Waals surface area contributed by atoms with Crippen molar-refractivity contribution >= 4 is 11.4 Å². The van der Waals surface area contributed by atoms with Crippen molar-refractivity contribution in [3.8, 4) is 5.75 Å². The van der Waals surface area contributed by atoms with Gasteiger partial charge in [0.25, 0.3) is 0 Å². The van der Waals surface area contributed by atoms with E-state index in [0.29, 0.717) is 0 Å². The average molecular weight is 239 g/mol. The number of nitrogen functional groups attached to an aromatic ring is 1. The summed E-state index contributed by atoms with van der Waals surface area (Å²) >= 11 is 0. The van der Waals surface area contributed by atoms with Gasteiger partial charge >= 0.3 is 5.69 Å². The second-order valence-corrected chi connectivity index (χ2v) is 4.12. The number of anilines is 1. The molecule has 6 heteroatoms. The van der Waals surface area contributed by atoms with Gasteiger partial charge in [-0.3, -0.25) is 16.0 Å². The van der Waals surface area contributed by atoms with Crippen LogP contribution in [0.4, 0.5) is 11.4 Å². The van der Waals surface area contributed by atoms with Crippen LogP contribution in [0.1, 0.15) is 20.8 Å². The van der Waals surface area contributed by atoms with Crippen LogP contribution in [0.2, 0.25) is 0 Å². The number of nitro groups is 1. The van der Waals surface area contributed by atoms with E-state index in [-0.39, 0.29) is 29.1 Å². The largest absolute Gasteiger partial charge is 0.483 e. The Kier molecular flexibility index (Phi) is 4.28. The molecule has 17 heavy (non-hydrogen) atoms. The molecule has 0 saturated heterocycles. The SMILES string of the molecule is CC(C)C(C)Oc1cccc(NN)c1[N+](=O)[O-]. The van der Waals surface area contributed by atoms with Gasteiger partial charge in [0.2, 0.25) is 0 Å². The topological polar surface area (TPSA) is 90.4 Å². The van der Waals surface area contributed by atoms with Gasteiger partial charge in [-0.25, -0.2) is 0 Å². The van der Waals surface area contributed by atoms with Crippen LogP contribution in [0.5, 0.6) is 5.75 Å². The molecule has 3 N–H and O–H groups in total. The summed E-state index contributed by atoms with van der Waals surface area (Å²) in [6, 6.07) is 4.76. The molecule has 1 aromatic rings. The van der Waals surface area contributed by atoms with Gasteiger partial charge in [0.15, 0.2) is 5.75 Å². The Hall–Kier alpha value is -1.82. The molecule has 0 bridgehead atoms. The molecule has 0 aliphatic heterocycles. The number of nitrogens with two attached hydrogens (primary N) is 1. The number of para-hydroxylation sites is 1. The first-order valence-electron chi connectivity index (χ1n) is 5.38. The maximum atomic E-state index is 11.0. The Morgan fingerprint density at radius 2 is 2.06 bits per heavy atom. The zero-order chi connectivity index (χ0) is 13.0. The van der Waals surface area contributed by atoms with Gasteiger partial charge < -0.3 is 10.2 Å². The predicted molar refractivity (Wildman–Crippen MR) is 65.8 cm³/mol. The van der Waals surface area contributed by atoms with Crippen molar-refractivity contribution in [2.45, 2.75) is 26.9 Å². The summed E-state index contributed by atoms with van der Waals surface area (Å²) < 4.78 is 5.57. The molecule has 0 heterocycles. The molecule has 0 amide bonds. The summed E-state index contributed by atoms with van der Waals surface area (Å²) in [5.74, 6) is 5.73. The predicted octanol–water partition coefficient (Wildman–Crippen LogP) is 2.30. The highest BCUT2D eigenvalue weighted by Gasteiger charge is 2.22. The van der Waals surface area contributed by atoms with E-state index in [1.807, 2.05) is 20.8 Å². The Labute approximate surface area is 99.9 Å². The van der Waals surface area contributed by atoms with E-state index in [9.17, 15) is 10.1 Å². The normalized spacial score (nSPS) is 12.3. The maximum Gasteiger partial charge on any atom is 0.335 e. The maximum absolute atomic E-state index is 11.0. The van der Waals surface area contributed by atoms with Crippen LogP contribution < -0.4 is 16.0 Å². The number of hydrazine groups is 1. The molecule has 0 aliphatic rings. The van der Waals surface area contributed by atoms with Gasteiger partial charge in [-0.05, 0) is 25.0 Å². The van der Waals surface area contributed by atoms with Crippen LogP contribution in [0.15, 0.2) is 18.2 Å². The number of nitrogens with one attached hydrogen (secondary N) is 1. The van der Waals surface area contributed by atoms with E-state index >= 15 is 0 Å². The number of rotatable bonds is 5.